The van der Waals surface area contributed by atoms with Gasteiger partial charge in [0.25, 0.3) is 29.3 Å². The van der Waals surface area contributed by atoms with Crippen LogP contribution in [0, 0.1) is 16.0 Å². The Kier molecular flexibility index (Phi) is 14.3. The molecule has 0 saturated carbocycles. The lowest BCUT2D eigenvalue weighted by Gasteiger charge is -2.18. The normalized spacial score (nSPS) is 11.1. The molecule has 5 aromatic rings. The van der Waals surface area contributed by atoms with Crippen LogP contribution in [0.4, 0.5) is 28.4 Å². The van der Waals surface area contributed by atoms with Crippen molar-refractivity contribution in [2.45, 2.75) is 26.3 Å². The molecule has 1 atom stereocenters. The second-order valence-electron chi connectivity index (χ2n) is 13.9. The molecule has 62 heavy (non-hydrogen) atoms. The summed E-state index contributed by atoms with van der Waals surface area (Å²) in [6.07, 6.45) is -0.560. The molecule has 0 bridgehead atoms. The molecule has 6 amide bonds. The number of phenolic OH excluding ortho intramolecular Hbond substituents is 1. The number of non-ortho nitro benzene ring substituents is 1. The number of nitrogens with zero attached hydrogens (tertiary/aromatic N) is 1. The number of nitrogens with one attached hydrogen (secondary N) is 5. The molecule has 0 aliphatic rings. The standard InChI is InChI=1S/C43H39N7O12/c1-23(2)22-62-37-33(20-19-32(36(37)52)41(56)46-29-15-7-27(8-16-29)43(58)59)48-39(54)24-5-13-30(14-6-24)47-42(57)34(21-35(44)51)49-40(55)25-3-11-28(12-4-25)45-38(53)26-9-17-31(18-10-26)50(60)61/h3-20,23,34,52H,21-22H2,1-2H3,(H2,44,51)(H,45,53)(H,46,56)(H,47,57)(H,48,54)(H,49,55)(H,58,59). The van der Waals surface area contributed by atoms with Crippen molar-refractivity contribution in [3.8, 4) is 11.5 Å². The van der Waals surface area contributed by atoms with E-state index < -0.39 is 64.5 Å². The van der Waals surface area contributed by atoms with E-state index in [1.54, 1.807) is 0 Å². The number of phenols is 1. The number of primary amides is 1. The highest BCUT2D eigenvalue weighted by Crippen LogP contribution is 2.39. The zero-order chi connectivity index (χ0) is 45.1. The van der Waals surface area contributed by atoms with Gasteiger partial charge >= 0.3 is 5.97 Å². The quantitative estimate of drug-likeness (QED) is 0.0431. The molecular weight excluding hydrogens is 807 g/mol. The first-order chi connectivity index (χ1) is 29.5. The molecule has 19 nitrogen and oxygen atoms in total. The molecule has 0 fully saturated rings. The van der Waals surface area contributed by atoms with Crippen LogP contribution >= 0.6 is 0 Å². The number of benzene rings is 5. The lowest BCUT2D eigenvalue weighted by atomic mass is 10.1. The fraction of sp³-hybridized carbons (Fsp3) is 0.140. The Morgan fingerprint density at radius 1 is 0.645 bits per heavy atom. The van der Waals surface area contributed by atoms with Crippen LogP contribution in [-0.2, 0) is 9.59 Å². The van der Waals surface area contributed by atoms with Crippen molar-refractivity contribution in [1.29, 1.82) is 0 Å². The number of nitro groups is 1. The summed E-state index contributed by atoms with van der Waals surface area (Å²) in [7, 11) is 0. The van der Waals surface area contributed by atoms with Gasteiger partial charge in [-0.15, -0.1) is 0 Å². The fourth-order valence-corrected chi connectivity index (χ4v) is 5.57. The molecule has 0 heterocycles. The molecule has 9 N–H and O–H groups in total. The SMILES string of the molecule is CC(C)COc1c(NC(=O)c2ccc(NC(=O)C(CC(N)=O)NC(=O)c3ccc(NC(=O)c4ccc([N+](=O)[O-])cc4)cc3)cc2)ccc(C(=O)Nc2ccc(C(=O)O)cc2)c1O. The maximum absolute atomic E-state index is 13.3. The number of amides is 6. The molecule has 19 heteroatoms. The molecule has 0 aliphatic carbocycles. The van der Waals surface area contributed by atoms with Gasteiger partial charge in [-0.1, -0.05) is 13.8 Å². The van der Waals surface area contributed by atoms with Crippen LogP contribution in [0.5, 0.6) is 11.5 Å². The summed E-state index contributed by atoms with van der Waals surface area (Å²) in [6, 6.07) is 22.7. The van der Waals surface area contributed by atoms with Crippen LogP contribution < -0.4 is 37.1 Å². The van der Waals surface area contributed by atoms with Gasteiger partial charge in [-0.05, 0) is 103 Å². The average molecular weight is 846 g/mol. The van der Waals surface area contributed by atoms with Crippen LogP contribution in [0.3, 0.4) is 0 Å². The minimum absolute atomic E-state index is 0.00622. The minimum atomic E-state index is -1.41. The topological polar surface area (TPSA) is 298 Å². The number of carbonyl (C=O) groups is 7. The molecule has 1 unspecified atom stereocenters. The number of hydrogen-bond donors (Lipinski definition) is 8. The molecule has 0 saturated heterocycles. The van der Waals surface area contributed by atoms with Crippen LogP contribution in [-0.4, -0.2) is 69.2 Å². The molecule has 5 rings (SSSR count). The van der Waals surface area contributed by atoms with Crippen LogP contribution in [0.1, 0.15) is 72.1 Å². The summed E-state index contributed by atoms with van der Waals surface area (Å²) >= 11 is 0. The summed E-state index contributed by atoms with van der Waals surface area (Å²) in [5.74, 6) is -6.23. The second-order valence-corrected chi connectivity index (χ2v) is 13.9. The van der Waals surface area contributed by atoms with E-state index in [1.165, 1.54) is 109 Å². The van der Waals surface area contributed by atoms with Gasteiger partial charge in [0.1, 0.15) is 6.04 Å². The smallest absolute Gasteiger partial charge is 0.335 e. The fourth-order valence-electron chi connectivity index (χ4n) is 5.57. The monoisotopic (exact) mass is 845 g/mol. The molecular formula is C43H39N7O12. The Morgan fingerprint density at radius 2 is 1.11 bits per heavy atom. The number of carbonyl (C=O) groups excluding carboxylic acids is 6. The number of carboxylic acids is 1. The van der Waals surface area contributed by atoms with Gasteiger partial charge in [-0.25, -0.2) is 4.79 Å². The van der Waals surface area contributed by atoms with Gasteiger partial charge in [-0.2, -0.15) is 0 Å². The van der Waals surface area contributed by atoms with Crippen LogP contribution in [0.15, 0.2) is 109 Å². The highest BCUT2D eigenvalue weighted by atomic mass is 16.6. The third kappa shape index (κ3) is 11.7. The number of aromatic carboxylic acids is 1. The van der Waals surface area contributed by atoms with Gasteiger partial charge in [0.15, 0.2) is 11.5 Å². The van der Waals surface area contributed by atoms with Gasteiger partial charge in [0, 0.05) is 45.9 Å². The maximum Gasteiger partial charge on any atom is 0.335 e. The van der Waals surface area contributed by atoms with Gasteiger partial charge in [-0.3, -0.25) is 38.9 Å². The van der Waals surface area contributed by atoms with E-state index in [0.29, 0.717) is 5.69 Å². The summed E-state index contributed by atoms with van der Waals surface area (Å²) in [5.41, 5.74) is 6.16. The number of aromatic hydroxyl groups is 1. The predicted molar refractivity (Wildman–Crippen MR) is 225 cm³/mol. The van der Waals surface area contributed by atoms with E-state index >= 15 is 0 Å². The zero-order valence-electron chi connectivity index (χ0n) is 33.0. The summed E-state index contributed by atoms with van der Waals surface area (Å²) < 4.78 is 5.81. The second kappa shape index (κ2) is 19.9. The number of nitro benzene ring substituents is 1. The van der Waals surface area contributed by atoms with E-state index in [2.05, 4.69) is 26.6 Å². The lowest BCUT2D eigenvalue weighted by molar-refractivity contribution is -0.384. The van der Waals surface area contributed by atoms with Crippen molar-refractivity contribution in [2.24, 2.45) is 11.7 Å². The van der Waals surface area contributed by atoms with Crippen molar-refractivity contribution in [3.05, 3.63) is 147 Å². The number of hydrogen-bond acceptors (Lipinski definition) is 11. The Balaban J connectivity index is 1.22. The summed E-state index contributed by atoms with van der Waals surface area (Å²) in [5, 5.41) is 44.0. The number of anilines is 4. The molecule has 0 spiro atoms. The van der Waals surface area contributed by atoms with Crippen LogP contribution in [0.2, 0.25) is 0 Å². The van der Waals surface area contributed by atoms with E-state index in [9.17, 15) is 48.8 Å². The minimum Gasteiger partial charge on any atom is -0.504 e. The molecule has 0 radical (unpaired) electrons. The van der Waals surface area contributed by atoms with Crippen molar-refractivity contribution >= 4 is 69.8 Å². The van der Waals surface area contributed by atoms with E-state index in [4.69, 9.17) is 15.6 Å². The van der Waals surface area contributed by atoms with Crippen molar-refractivity contribution in [1.82, 2.24) is 5.32 Å². The van der Waals surface area contributed by atoms with E-state index in [-0.39, 0.29) is 68.8 Å². The third-order valence-corrected chi connectivity index (χ3v) is 8.76. The van der Waals surface area contributed by atoms with Gasteiger partial charge in [0.05, 0.1) is 34.8 Å². The number of nitrogens with two attached hydrogens (primary N) is 1. The van der Waals surface area contributed by atoms with Gasteiger partial charge in [0.2, 0.25) is 11.8 Å². The first-order valence-electron chi connectivity index (χ1n) is 18.6. The molecule has 0 aliphatic heterocycles. The zero-order valence-corrected chi connectivity index (χ0v) is 33.0. The highest BCUT2D eigenvalue weighted by Gasteiger charge is 2.25. The predicted octanol–water partition coefficient (Wildman–Crippen LogP) is 5.40. The van der Waals surface area contributed by atoms with E-state index in [0.717, 1.165) is 0 Å². The largest absolute Gasteiger partial charge is 0.504 e. The number of ether oxygens (including phenoxy) is 1. The molecule has 5 aromatic carbocycles. The summed E-state index contributed by atoms with van der Waals surface area (Å²) in [6.45, 7) is 3.83. The Bertz CT molecular complexity index is 2530. The maximum atomic E-state index is 13.3. The number of rotatable bonds is 17. The average Bonchev–Trinajstić information content (AvgIpc) is 3.23. The number of carboxylic acid groups (broad SMARTS) is 1. The summed E-state index contributed by atoms with van der Waals surface area (Å²) in [4.78, 5) is 98.6. The Hall–Kier alpha value is -8.61. The van der Waals surface area contributed by atoms with Crippen LogP contribution in [0.25, 0.3) is 0 Å². The molecule has 0 aromatic heterocycles. The molecule has 318 valence electrons. The van der Waals surface area contributed by atoms with E-state index in [1.807, 2.05) is 13.8 Å². The third-order valence-electron chi connectivity index (χ3n) is 8.76. The van der Waals surface area contributed by atoms with Crippen molar-refractivity contribution in [2.75, 3.05) is 27.9 Å². The van der Waals surface area contributed by atoms with Crippen molar-refractivity contribution in [3.63, 3.8) is 0 Å². The first-order valence-corrected chi connectivity index (χ1v) is 18.6. The van der Waals surface area contributed by atoms with Crippen molar-refractivity contribution < 1.29 is 53.4 Å². The first kappa shape index (κ1) is 44.5. The Labute approximate surface area is 352 Å². The Morgan fingerprint density at radius 3 is 1.61 bits per heavy atom. The lowest BCUT2D eigenvalue weighted by Crippen LogP contribution is -2.46. The van der Waals surface area contributed by atoms with Gasteiger partial charge < -0.3 is 47.3 Å². The highest BCUT2D eigenvalue weighted by molar-refractivity contribution is 6.10.